The van der Waals surface area contributed by atoms with Gasteiger partial charge in [0.15, 0.2) is 0 Å². The van der Waals surface area contributed by atoms with Gasteiger partial charge in [-0.25, -0.2) is 0 Å². The molecule has 0 atom stereocenters. The molecule has 0 amide bonds. The number of hydrogen-bond acceptors (Lipinski definition) is 6. The highest BCUT2D eigenvalue weighted by Gasteiger charge is 2.04. The summed E-state index contributed by atoms with van der Waals surface area (Å²) in [5, 5.41) is 19.3. The van der Waals surface area contributed by atoms with Gasteiger partial charge in [0, 0.05) is 11.3 Å². The van der Waals surface area contributed by atoms with Gasteiger partial charge in [0.05, 0.1) is 6.54 Å². The van der Waals surface area contributed by atoms with Gasteiger partial charge in [0.25, 0.3) is 0 Å². The normalized spacial score (nSPS) is 10.2. The van der Waals surface area contributed by atoms with Crippen molar-refractivity contribution >= 4 is 5.69 Å². The van der Waals surface area contributed by atoms with Crippen molar-refractivity contribution in [3.05, 3.63) is 54.3 Å². The quantitative estimate of drug-likeness (QED) is 0.781. The zero-order chi connectivity index (χ0) is 13.8. The van der Waals surface area contributed by atoms with Gasteiger partial charge in [-0.3, -0.25) is 0 Å². The minimum Gasteiger partial charge on any atom is -0.449 e. The molecule has 1 N–H and O–H groups in total. The summed E-state index contributed by atoms with van der Waals surface area (Å²) in [5.74, 6) is 1.51. The summed E-state index contributed by atoms with van der Waals surface area (Å²) in [6.07, 6.45) is 1.30. The number of nitriles is 1. The molecule has 20 heavy (non-hydrogen) atoms. The summed E-state index contributed by atoms with van der Waals surface area (Å²) in [5.41, 5.74) is 1.79. The van der Waals surface area contributed by atoms with Crippen molar-refractivity contribution in [1.29, 1.82) is 5.26 Å². The van der Waals surface area contributed by atoms with Gasteiger partial charge < -0.3 is 14.2 Å². The maximum Gasteiger partial charge on any atom is 0.247 e. The SMILES string of the molecule is N#Cc1ccc(CNc2ccc(-c3nnco3)cc2)o1. The van der Waals surface area contributed by atoms with Gasteiger partial charge in [-0.2, -0.15) is 5.26 Å². The van der Waals surface area contributed by atoms with Crippen molar-refractivity contribution in [1.82, 2.24) is 10.2 Å². The molecule has 0 bridgehead atoms. The van der Waals surface area contributed by atoms with E-state index in [0.29, 0.717) is 24.0 Å². The molecule has 0 unspecified atom stereocenters. The Kier molecular flexibility index (Phi) is 3.17. The van der Waals surface area contributed by atoms with E-state index in [0.717, 1.165) is 11.3 Å². The fourth-order valence-corrected chi connectivity index (χ4v) is 1.75. The van der Waals surface area contributed by atoms with Gasteiger partial charge in [-0.05, 0) is 36.4 Å². The Labute approximate surface area is 114 Å². The van der Waals surface area contributed by atoms with Crippen LogP contribution in [0.4, 0.5) is 5.69 Å². The standard InChI is InChI=1S/C14H10N4O2/c15-7-12-5-6-13(20-12)8-16-11-3-1-10(2-4-11)14-18-17-9-19-14/h1-6,9,16H,8H2. The first-order valence-electron chi connectivity index (χ1n) is 5.94. The van der Waals surface area contributed by atoms with Gasteiger partial charge in [-0.1, -0.05) is 0 Å². The van der Waals surface area contributed by atoms with Gasteiger partial charge in [0.2, 0.25) is 18.0 Å². The van der Waals surface area contributed by atoms with Crippen LogP contribution in [0.25, 0.3) is 11.5 Å². The van der Waals surface area contributed by atoms with Crippen molar-refractivity contribution in [2.24, 2.45) is 0 Å². The fraction of sp³-hybridized carbons (Fsp3) is 0.0714. The lowest BCUT2D eigenvalue weighted by Crippen LogP contribution is -1.97. The number of nitrogens with one attached hydrogen (secondary N) is 1. The molecule has 0 radical (unpaired) electrons. The molecule has 0 aliphatic rings. The summed E-state index contributed by atoms with van der Waals surface area (Å²) in [6.45, 7) is 0.515. The first kappa shape index (κ1) is 12.0. The predicted molar refractivity (Wildman–Crippen MR) is 70.5 cm³/mol. The number of anilines is 1. The molecule has 3 aromatic rings. The van der Waals surface area contributed by atoms with E-state index in [1.165, 1.54) is 6.39 Å². The van der Waals surface area contributed by atoms with Crippen LogP contribution in [0.1, 0.15) is 11.5 Å². The van der Waals surface area contributed by atoms with E-state index < -0.39 is 0 Å². The zero-order valence-electron chi connectivity index (χ0n) is 10.4. The maximum absolute atomic E-state index is 8.67. The third kappa shape index (κ3) is 2.52. The van der Waals surface area contributed by atoms with Crippen LogP contribution in [0.15, 0.2) is 51.6 Å². The highest BCUT2D eigenvalue weighted by Crippen LogP contribution is 2.19. The average Bonchev–Trinajstić information content (AvgIpc) is 3.17. The Morgan fingerprint density at radius 2 is 2.00 bits per heavy atom. The van der Waals surface area contributed by atoms with Crippen LogP contribution in [0.3, 0.4) is 0 Å². The molecule has 0 aliphatic heterocycles. The molecular formula is C14H10N4O2. The molecule has 2 heterocycles. The van der Waals surface area contributed by atoms with Crippen molar-refractivity contribution < 1.29 is 8.83 Å². The van der Waals surface area contributed by atoms with Crippen LogP contribution in [-0.4, -0.2) is 10.2 Å². The molecule has 2 aromatic heterocycles. The molecule has 0 saturated carbocycles. The van der Waals surface area contributed by atoms with Crippen LogP contribution in [0.5, 0.6) is 0 Å². The Morgan fingerprint density at radius 3 is 2.65 bits per heavy atom. The largest absolute Gasteiger partial charge is 0.449 e. The lowest BCUT2D eigenvalue weighted by Gasteiger charge is -2.04. The highest BCUT2D eigenvalue weighted by atomic mass is 16.4. The number of benzene rings is 1. The minimum absolute atomic E-state index is 0.313. The lowest BCUT2D eigenvalue weighted by atomic mass is 10.2. The molecule has 6 nitrogen and oxygen atoms in total. The Hall–Kier alpha value is -3.07. The van der Waals surface area contributed by atoms with E-state index in [-0.39, 0.29) is 0 Å². The van der Waals surface area contributed by atoms with E-state index in [9.17, 15) is 0 Å². The second-order valence-corrected chi connectivity index (χ2v) is 4.05. The van der Waals surface area contributed by atoms with Crippen LogP contribution < -0.4 is 5.32 Å². The monoisotopic (exact) mass is 266 g/mol. The van der Waals surface area contributed by atoms with E-state index in [1.807, 2.05) is 30.3 Å². The summed E-state index contributed by atoms with van der Waals surface area (Å²) >= 11 is 0. The zero-order valence-corrected chi connectivity index (χ0v) is 10.4. The summed E-state index contributed by atoms with van der Waals surface area (Å²) in [4.78, 5) is 0. The van der Waals surface area contributed by atoms with Crippen LogP contribution in [0, 0.1) is 11.3 Å². The fourth-order valence-electron chi connectivity index (χ4n) is 1.75. The lowest BCUT2D eigenvalue weighted by molar-refractivity contribution is 0.506. The van der Waals surface area contributed by atoms with Crippen molar-refractivity contribution in [3.63, 3.8) is 0 Å². The minimum atomic E-state index is 0.313. The van der Waals surface area contributed by atoms with Crippen LogP contribution in [-0.2, 0) is 6.54 Å². The topological polar surface area (TPSA) is 87.9 Å². The first-order chi connectivity index (χ1) is 9.85. The van der Waals surface area contributed by atoms with Crippen molar-refractivity contribution in [3.8, 4) is 17.5 Å². The number of nitrogens with zero attached hydrogens (tertiary/aromatic N) is 3. The van der Waals surface area contributed by atoms with Gasteiger partial charge >= 0.3 is 0 Å². The molecule has 0 spiro atoms. The number of hydrogen-bond donors (Lipinski definition) is 1. The molecule has 1 aromatic carbocycles. The predicted octanol–water partition coefficient (Wildman–Crippen LogP) is 2.81. The number of furan rings is 1. The molecule has 3 rings (SSSR count). The van der Waals surface area contributed by atoms with Crippen LogP contribution in [0.2, 0.25) is 0 Å². The summed E-state index contributed by atoms with van der Waals surface area (Å²) in [6, 6.07) is 13.0. The highest BCUT2D eigenvalue weighted by molar-refractivity contribution is 5.58. The van der Waals surface area contributed by atoms with E-state index in [4.69, 9.17) is 14.1 Å². The molecule has 0 fully saturated rings. The molecule has 0 aliphatic carbocycles. The molecular weight excluding hydrogens is 256 g/mol. The average molecular weight is 266 g/mol. The Balaban J connectivity index is 1.65. The first-order valence-corrected chi connectivity index (χ1v) is 5.94. The maximum atomic E-state index is 8.67. The second kappa shape index (κ2) is 5.28. The van der Waals surface area contributed by atoms with E-state index >= 15 is 0 Å². The summed E-state index contributed by atoms with van der Waals surface area (Å²) < 4.78 is 10.4. The third-order valence-electron chi connectivity index (χ3n) is 2.73. The Morgan fingerprint density at radius 1 is 1.15 bits per heavy atom. The van der Waals surface area contributed by atoms with Crippen LogP contribution >= 0.6 is 0 Å². The Bertz CT molecular complexity index is 723. The molecule has 6 heteroatoms. The molecule has 98 valence electrons. The van der Waals surface area contributed by atoms with Crippen molar-refractivity contribution in [2.45, 2.75) is 6.54 Å². The molecule has 0 saturated heterocycles. The third-order valence-corrected chi connectivity index (χ3v) is 2.73. The van der Waals surface area contributed by atoms with Crippen molar-refractivity contribution in [2.75, 3.05) is 5.32 Å². The smallest absolute Gasteiger partial charge is 0.247 e. The summed E-state index contributed by atoms with van der Waals surface area (Å²) in [7, 11) is 0. The van der Waals surface area contributed by atoms with E-state index in [2.05, 4.69) is 15.5 Å². The number of rotatable bonds is 4. The van der Waals surface area contributed by atoms with Gasteiger partial charge in [0.1, 0.15) is 11.8 Å². The van der Waals surface area contributed by atoms with Gasteiger partial charge in [-0.15, -0.1) is 10.2 Å². The second-order valence-electron chi connectivity index (χ2n) is 4.05. The van der Waals surface area contributed by atoms with E-state index in [1.54, 1.807) is 12.1 Å². The number of aromatic nitrogens is 2.